The summed E-state index contributed by atoms with van der Waals surface area (Å²) in [7, 11) is 0. The molecule has 0 spiro atoms. The minimum Gasteiger partial charge on any atom is -0.394 e. The lowest BCUT2D eigenvalue weighted by Crippen LogP contribution is -2.56. The molecule has 0 bridgehead atoms. The second-order valence-corrected chi connectivity index (χ2v) is 8.94. The number of hydrogen-bond acceptors (Lipinski definition) is 5. The summed E-state index contributed by atoms with van der Waals surface area (Å²) >= 11 is 6.42. The van der Waals surface area contributed by atoms with Crippen molar-refractivity contribution in [3.8, 4) is 0 Å². The molecule has 34 heavy (non-hydrogen) atoms. The van der Waals surface area contributed by atoms with Crippen molar-refractivity contribution in [2.75, 3.05) is 6.61 Å². The van der Waals surface area contributed by atoms with Gasteiger partial charge < -0.3 is 29.7 Å². The predicted octanol–water partition coefficient (Wildman–Crippen LogP) is 3.29. The third kappa shape index (κ3) is 3.86. The Hall–Kier alpha value is -2.59. The minimum atomic E-state index is -1.59. The van der Waals surface area contributed by atoms with Crippen LogP contribution in [0.15, 0.2) is 54.7 Å². The van der Waals surface area contributed by atoms with E-state index in [1.807, 2.05) is 12.1 Å². The molecule has 1 aromatic heterocycles. The molecule has 1 aliphatic rings. The van der Waals surface area contributed by atoms with E-state index in [4.69, 9.17) is 16.3 Å². The number of nitrogens with zero attached hydrogens (tertiary/aromatic N) is 1. The molecule has 1 saturated heterocycles. The fourth-order valence-corrected chi connectivity index (χ4v) is 4.89. The number of aliphatic hydroxyl groups excluding tert-OH is 4. The maximum absolute atomic E-state index is 15.0. The Morgan fingerprint density at radius 1 is 0.912 bits per heavy atom. The van der Waals surface area contributed by atoms with Crippen molar-refractivity contribution < 1.29 is 33.9 Å². The summed E-state index contributed by atoms with van der Waals surface area (Å²) in [6.45, 7) is -0.590. The van der Waals surface area contributed by atoms with Gasteiger partial charge in [0.1, 0.15) is 36.1 Å². The highest BCUT2D eigenvalue weighted by atomic mass is 35.5. The number of halogens is 3. The lowest BCUT2D eigenvalue weighted by atomic mass is 9.98. The Balaban J connectivity index is 1.61. The molecule has 1 fully saturated rings. The SMILES string of the molecule is OC[C@H]1O[C@@H](n2cc(Cc3ccc4cc(F)ccc4c3)c3c(F)ccc(Cl)c32)[C@H](O)[C@@H](O)[C@@H]1O. The molecule has 0 amide bonds. The van der Waals surface area contributed by atoms with E-state index in [0.717, 1.165) is 16.3 Å². The largest absolute Gasteiger partial charge is 0.394 e. The van der Waals surface area contributed by atoms with Gasteiger partial charge in [-0.25, -0.2) is 8.78 Å². The van der Waals surface area contributed by atoms with Crippen LogP contribution in [0.4, 0.5) is 8.78 Å². The van der Waals surface area contributed by atoms with Crippen molar-refractivity contribution in [1.29, 1.82) is 0 Å². The first-order chi connectivity index (χ1) is 16.3. The summed E-state index contributed by atoms with van der Waals surface area (Å²) in [5.41, 5.74) is 1.64. The van der Waals surface area contributed by atoms with E-state index < -0.39 is 43.1 Å². The zero-order valence-electron chi connectivity index (χ0n) is 17.8. The van der Waals surface area contributed by atoms with Gasteiger partial charge in [-0.15, -0.1) is 0 Å². The van der Waals surface area contributed by atoms with Crippen molar-refractivity contribution in [2.45, 2.75) is 37.1 Å². The van der Waals surface area contributed by atoms with Crippen molar-refractivity contribution in [3.63, 3.8) is 0 Å². The van der Waals surface area contributed by atoms with Crippen LogP contribution in [-0.2, 0) is 11.2 Å². The van der Waals surface area contributed by atoms with Crippen LogP contribution in [-0.4, -0.2) is 56.0 Å². The van der Waals surface area contributed by atoms with Crippen LogP contribution >= 0.6 is 11.6 Å². The molecule has 0 saturated carbocycles. The van der Waals surface area contributed by atoms with E-state index >= 15 is 4.39 Å². The second-order valence-electron chi connectivity index (χ2n) is 8.54. The molecule has 6 nitrogen and oxygen atoms in total. The predicted molar refractivity (Wildman–Crippen MR) is 123 cm³/mol. The topological polar surface area (TPSA) is 95.1 Å². The summed E-state index contributed by atoms with van der Waals surface area (Å²) in [5.74, 6) is -0.861. The van der Waals surface area contributed by atoms with Gasteiger partial charge in [0.2, 0.25) is 0 Å². The molecule has 0 aliphatic carbocycles. The number of aliphatic hydroxyl groups is 4. The van der Waals surface area contributed by atoms with E-state index in [2.05, 4.69) is 0 Å². The molecule has 5 rings (SSSR count). The average molecular weight is 490 g/mol. The van der Waals surface area contributed by atoms with E-state index in [1.165, 1.54) is 28.8 Å². The minimum absolute atomic E-state index is 0.202. The van der Waals surface area contributed by atoms with Gasteiger partial charge in [0, 0.05) is 11.6 Å². The van der Waals surface area contributed by atoms with E-state index in [1.54, 1.807) is 18.3 Å². The first-order valence-corrected chi connectivity index (χ1v) is 11.1. The maximum Gasteiger partial charge on any atom is 0.163 e. The van der Waals surface area contributed by atoms with Crippen LogP contribution in [0.3, 0.4) is 0 Å². The van der Waals surface area contributed by atoms with Gasteiger partial charge in [0.15, 0.2) is 6.23 Å². The van der Waals surface area contributed by atoms with E-state index in [-0.39, 0.29) is 21.7 Å². The van der Waals surface area contributed by atoms with Gasteiger partial charge in [-0.05, 0) is 52.6 Å². The average Bonchev–Trinajstić information content (AvgIpc) is 3.20. The Morgan fingerprint density at radius 3 is 2.41 bits per heavy atom. The number of benzene rings is 3. The Morgan fingerprint density at radius 2 is 1.65 bits per heavy atom. The van der Waals surface area contributed by atoms with Gasteiger partial charge in [-0.2, -0.15) is 0 Å². The zero-order valence-corrected chi connectivity index (χ0v) is 18.5. The standard InChI is InChI=1S/C25H22ClF2NO5/c26-17-5-6-18(28)20-15(8-12-1-2-14-9-16(27)4-3-13(14)7-12)10-29(21(17)20)25-24(33)23(32)22(31)19(11-30)34-25/h1-7,9-10,19,22-25,30-33H,8,11H2/t19-,22-,23+,24-,25-/m1/s1. The van der Waals surface area contributed by atoms with Crippen molar-refractivity contribution in [3.05, 3.63) is 82.5 Å². The zero-order chi connectivity index (χ0) is 24.1. The Kier molecular flexibility index (Phi) is 6.05. The third-order valence-corrected chi connectivity index (χ3v) is 6.66. The smallest absolute Gasteiger partial charge is 0.163 e. The molecule has 0 radical (unpaired) electrons. The Bertz CT molecular complexity index is 1370. The van der Waals surface area contributed by atoms with Crippen LogP contribution in [0.1, 0.15) is 17.4 Å². The van der Waals surface area contributed by atoms with Gasteiger partial charge in [0.25, 0.3) is 0 Å². The first kappa shape index (κ1) is 23.2. The quantitative estimate of drug-likeness (QED) is 0.353. The summed E-state index contributed by atoms with van der Waals surface area (Å²) in [6.07, 6.45) is -5.15. The molecule has 4 aromatic rings. The number of rotatable bonds is 4. The highest BCUT2D eigenvalue weighted by Crippen LogP contribution is 2.38. The molecule has 0 unspecified atom stereocenters. The molecular weight excluding hydrogens is 468 g/mol. The monoisotopic (exact) mass is 489 g/mol. The maximum atomic E-state index is 15.0. The molecular formula is C25H22ClF2NO5. The van der Waals surface area contributed by atoms with Gasteiger partial charge in [-0.1, -0.05) is 35.9 Å². The van der Waals surface area contributed by atoms with Crippen LogP contribution in [0, 0.1) is 11.6 Å². The summed E-state index contributed by atoms with van der Waals surface area (Å²) in [4.78, 5) is 0. The molecule has 2 heterocycles. The number of hydrogen-bond donors (Lipinski definition) is 4. The van der Waals surface area contributed by atoms with Crippen LogP contribution in [0.25, 0.3) is 21.7 Å². The molecule has 9 heteroatoms. The van der Waals surface area contributed by atoms with Crippen molar-refractivity contribution in [1.82, 2.24) is 4.57 Å². The summed E-state index contributed by atoms with van der Waals surface area (Å²) in [5, 5.41) is 42.5. The number of fused-ring (bicyclic) bond motifs is 2. The molecule has 5 atom stereocenters. The molecule has 178 valence electrons. The van der Waals surface area contributed by atoms with Gasteiger partial charge in [0.05, 0.1) is 17.1 Å². The highest BCUT2D eigenvalue weighted by molar-refractivity contribution is 6.35. The van der Waals surface area contributed by atoms with Gasteiger partial charge >= 0.3 is 0 Å². The fraction of sp³-hybridized carbons (Fsp3) is 0.280. The number of aromatic nitrogens is 1. The third-order valence-electron chi connectivity index (χ3n) is 6.35. The lowest BCUT2D eigenvalue weighted by molar-refractivity contribution is -0.250. The van der Waals surface area contributed by atoms with E-state index in [9.17, 15) is 24.8 Å². The Labute approximate surface area is 198 Å². The highest BCUT2D eigenvalue weighted by Gasteiger charge is 2.44. The molecule has 1 aliphatic heterocycles. The van der Waals surface area contributed by atoms with Crippen molar-refractivity contribution in [2.24, 2.45) is 0 Å². The first-order valence-electron chi connectivity index (χ1n) is 10.7. The van der Waals surface area contributed by atoms with Gasteiger partial charge in [-0.3, -0.25) is 0 Å². The van der Waals surface area contributed by atoms with Crippen LogP contribution in [0.5, 0.6) is 0 Å². The van der Waals surface area contributed by atoms with Crippen LogP contribution in [0.2, 0.25) is 5.02 Å². The second kappa shape index (κ2) is 8.88. The molecule has 3 aromatic carbocycles. The lowest BCUT2D eigenvalue weighted by Gasteiger charge is -2.40. The van der Waals surface area contributed by atoms with Crippen LogP contribution < -0.4 is 0 Å². The van der Waals surface area contributed by atoms with Crippen molar-refractivity contribution >= 4 is 33.3 Å². The summed E-state index contributed by atoms with van der Waals surface area (Å²) < 4.78 is 35.7. The van der Waals surface area contributed by atoms with E-state index in [0.29, 0.717) is 12.0 Å². The fourth-order valence-electron chi connectivity index (χ4n) is 4.64. The normalized spacial score (nSPS) is 25.3. The number of ether oxygens (including phenoxy) is 1. The molecule has 4 N–H and O–H groups in total. The summed E-state index contributed by atoms with van der Waals surface area (Å²) in [6, 6.07) is 12.6.